The lowest BCUT2D eigenvalue weighted by atomic mass is 10.1. The average Bonchev–Trinajstić information content (AvgIpc) is 2.33. The maximum Gasteiger partial charge on any atom is 0.128 e. The van der Waals surface area contributed by atoms with Gasteiger partial charge < -0.3 is 15.1 Å². The molecule has 0 fully saturated rings. The van der Waals surface area contributed by atoms with Crippen LogP contribution in [0.4, 0.5) is 5.82 Å². The largest absolute Gasteiger partial charge is 0.358 e. The van der Waals surface area contributed by atoms with Crippen LogP contribution < -0.4 is 10.2 Å². The van der Waals surface area contributed by atoms with E-state index in [0.717, 1.165) is 25.5 Å². The van der Waals surface area contributed by atoms with Crippen molar-refractivity contribution in [2.45, 2.75) is 32.9 Å². The standard InChI is InChI=1S/C15H28N4/c1-15(2,3)17-12-13-7-8-16-14(11-13)19(6)10-9-18(4)5/h7-8,11,17H,9-10,12H2,1-6H3. The molecule has 0 aliphatic rings. The van der Waals surface area contributed by atoms with Gasteiger partial charge in [-0.1, -0.05) is 0 Å². The van der Waals surface area contributed by atoms with E-state index in [1.54, 1.807) is 0 Å². The molecule has 0 aromatic carbocycles. The molecule has 0 spiro atoms. The molecule has 19 heavy (non-hydrogen) atoms. The van der Waals surface area contributed by atoms with Gasteiger partial charge in [-0.2, -0.15) is 0 Å². The van der Waals surface area contributed by atoms with E-state index in [-0.39, 0.29) is 5.54 Å². The Bertz CT molecular complexity index is 382. The van der Waals surface area contributed by atoms with Crippen LogP contribution in [0.3, 0.4) is 0 Å². The second-order valence-electron chi connectivity index (χ2n) is 6.35. The lowest BCUT2D eigenvalue weighted by Gasteiger charge is -2.23. The van der Waals surface area contributed by atoms with Gasteiger partial charge in [-0.15, -0.1) is 0 Å². The molecule has 108 valence electrons. The first-order chi connectivity index (χ1) is 8.78. The van der Waals surface area contributed by atoms with Crippen molar-refractivity contribution in [3.05, 3.63) is 23.9 Å². The van der Waals surface area contributed by atoms with Gasteiger partial charge in [0.15, 0.2) is 0 Å². The molecule has 0 radical (unpaired) electrons. The molecule has 0 saturated heterocycles. The Labute approximate surface area is 117 Å². The monoisotopic (exact) mass is 264 g/mol. The van der Waals surface area contributed by atoms with Crippen molar-refractivity contribution >= 4 is 5.82 Å². The fourth-order valence-electron chi connectivity index (χ4n) is 1.61. The van der Waals surface area contributed by atoms with E-state index in [9.17, 15) is 0 Å². The summed E-state index contributed by atoms with van der Waals surface area (Å²) in [6, 6.07) is 4.23. The normalized spacial score (nSPS) is 11.9. The van der Waals surface area contributed by atoms with Crippen LogP contribution >= 0.6 is 0 Å². The second-order valence-corrected chi connectivity index (χ2v) is 6.35. The molecule has 0 unspecified atom stereocenters. The van der Waals surface area contributed by atoms with Crippen molar-refractivity contribution in [1.29, 1.82) is 0 Å². The topological polar surface area (TPSA) is 31.4 Å². The molecule has 1 aromatic heterocycles. The summed E-state index contributed by atoms with van der Waals surface area (Å²) in [6.45, 7) is 9.42. The van der Waals surface area contributed by atoms with Crippen LogP contribution in [0.1, 0.15) is 26.3 Å². The highest BCUT2D eigenvalue weighted by atomic mass is 15.2. The smallest absolute Gasteiger partial charge is 0.128 e. The summed E-state index contributed by atoms with van der Waals surface area (Å²) >= 11 is 0. The minimum absolute atomic E-state index is 0.139. The van der Waals surface area contributed by atoms with Gasteiger partial charge in [-0.25, -0.2) is 4.98 Å². The molecule has 1 heterocycles. The maximum absolute atomic E-state index is 4.44. The third kappa shape index (κ3) is 6.55. The number of rotatable bonds is 6. The second kappa shape index (κ2) is 6.87. The van der Waals surface area contributed by atoms with Crippen molar-refractivity contribution in [1.82, 2.24) is 15.2 Å². The zero-order chi connectivity index (χ0) is 14.5. The number of likely N-dealkylation sites (N-methyl/N-ethyl adjacent to an activating group) is 2. The Morgan fingerprint density at radius 1 is 1.16 bits per heavy atom. The van der Waals surface area contributed by atoms with Crippen LogP contribution in [0.15, 0.2) is 18.3 Å². The van der Waals surface area contributed by atoms with Gasteiger partial charge in [0.1, 0.15) is 5.82 Å². The lowest BCUT2D eigenvalue weighted by Crippen LogP contribution is -2.35. The molecule has 0 bridgehead atoms. The lowest BCUT2D eigenvalue weighted by molar-refractivity contribution is 0.416. The maximum atomic E-state index is 4.44. The highest BCUT2D eigenvalue weighted by molar-refractivity contribution is 5.40. The van der Waals surface area contributed by atoms with Crippen molar-refractivity contribution in [2.24, 2.45) is 0 Å². The van der Waals surface area contributed by atoms with Crippen molar-refractivity contribution in [3.8, 4) is 0 Å². The third-order valence-corrected chi connectivity index (χ3v) is 2.91. The number of pyridine rings is 1. The summed E-state index contributed by atoms with van der Waals surface area (Å²) in [4.78, 5) is 8.82. The minimum atomic E-state index is 0.139. The van der Waals surface area contributed by atoms with E-state index in [4.69, 9.17) is 0 Å². The minimum Gasteiger partial charge on any atom is -0.358 e. The summed E-state index contributed by atoms with van der Waals surface area (Å²) in [6.07, 6.45) is 1.89. The van der Waals surface area contributed by atoms with Crippen LogP contribution in [-0.4, -0.2) is 49.7 Å². The van der Waals surface area contributed by atoms with Crippen LogP contribution in [0.5, 0.6) is 0 Å². The first kappa shape index (κ1) is 15.9. The molecule has 0 saturated carbocycles. The number of nitrogens with zero attached hydrogens (tertiary/aromatic N) is 3. The van der Waals surface area contributed by atoms with E-state index in [1.807, 2.05) is 6.20 Å². The zero-order valence-electron chi connectivity index (χ0n) is 13.2. The van der Waals surface area contributed by atoms with Gasteiger partial charge >= 0.3 is 0 Å². The van der Waals surface area contributed by atoms with Crippen LogP contribution in [0.25, 0.3) is 0 Å². The van der Waals surface area contributed by atoms with Gasteiger partial charge in [0.25, 0.3) is 0 Å². The van der Waals surface area contributed by atoms with Crippen LogP contribution in [-0.2, 0) is 6.54 Å². The molecular weight excluding hydrogens is 236 g/mol. The van der Waals surface area contributed by atoms with Gasteiger partial charge in [0.2, 0.25) is 0 Å². The molecule has 1 rings (SSSR count). The fraction of sp³-hybridized carbons (Fsp3) is 0.667. The highest BCUT2D eigenvalue weighted by Gasteiger charge is 2.09. The van der Waals surface area contributed by atoms with E-state index in [0.29, 0.717) is 0 Å². The Kier molecular flexibility index (Phi) is 5.76. The molecule has 0 atom stereocenters. The predicted molar refractivity (Wildman–Crippen MR) is 82.7 cm³/mol. The van der Waals surface area contributed by atoms with Gasteiger partial charge in [-0.05, 0) is 52.6 Å². The van der Waals surface area contributed by atoms with Gasteiger partial charge in [-0.3, -0.25) is 0 Å². The Morgan fingerprint density at radius 3 is 2.42 bits per heavy atom. The Hall–Kier alpha value is -1.13. The SMILES string of the molecule is CN(C)CCN(C)c1cc(CNC(C)(C)C)ccn1. The van der Waals surface area contributed by atoms with E-state index < -0.39 is 0 Å². The van der Waals surface area contributed by atoms with Crippen molar-refractivity contribution < 1.29 is 0 Å². The fourth-order valence-corrected chi connectivity index (χ4v) is 1.61. The zero-order valence-corrected chi connectivity index (χ0v) is 13.2. The highest BCUT2D eigenvalue weighted by Crippen LogP contribution is 2.12. The predicted octanol–water partition coefficient (Wildman–Crippen LogP) is 1.97. The van der Waals surface area contributed by atoms with Gasteiger partial charge in [0.05, 0.1) is 0 Å². The summed E-state index contributed by atoms with van der Waals surface area (Å²) < 4.78 is 0. The van der Waals surface area contributed by atoms with E-state index in [2.05, 4.69) is 74.1 Å². The number of hydrogen-bond acceptors (Lipinski definition) is 4. The molecule has 0 aliphatic heterocycles. The first-order valence-electron chi connectivity index (χ1n) is 6.84. The molecule has 4 heteroatoms. The molecular formula is C15H28N4. The molecule has 0 aliphatic carbocycles. The number of aromatic nitrogens is 1. The summed E-state index contributed by atoms with van der Waals surface area (Å²) in [7, 11) is 6.27. The number of nitrogens with one attached hydrogen (secondary N) is 1. The average molecular weight is 264 g/mol. The summed E-state index contributed by atoms with van der Waals surface area (Å²) in [5, 5.41) is 3.50. The van der Waals surface area contributed by atoms with Crippen LogP contribution in [0, 0.1) is 0 Å². The van der Waals surface area contributed by atoms with Crippen molar-refractivity contribution in [3.63, 3.8) is 0 Å². The van der Waals surface area contributed by atoms with Crippen molar-refractivity contribution in [2.75, 3.05) is 39.1 Å². The van der Waals surface area contributed by atoms with Crippen LogP contribution in [0.2, 0.25) is 0 Å². The third-order valence-electron chi connectivity index (χ3n) is 2.91. The number of hydrogen-bond donors (Lipinski definition) is 1. The molecule has 1 N–H and O–H groups in total. The summed E-state index contributed by atoms with van der Waals surface area (Å²) in [5.41, 5.74) is 1.41. The molecule has 0 amide bonds. The molecule has 1 aromatic rings. The quantitative estimate of drug-likeness (QED) is 0.851. The Balaban J connectivity index is 2.60. The first-order valence-corrected chi connectivity index (χ1v) is 6.84. The van der Waals surface area contributed by atoms with Gasteiger partial charge in [0, 0.05) is 38.4 Å². The molecule has 4 nitrogen and oxygen atoms in total. The Morgan fingerprint density at radius 2 is 1.84 bits per heavy atom. The van der Waals surface area contributed by atoms with E-state index >= 15 is 0 Å². The number of anilines is 1. The van der Waals surface area contributed by atoms with E-state index in [1.165, 1.54) is 5.56 Å². The summed E-state index contributed by atoms with van der Waals surface area (Å²) in [5.74, 6) is 1.04.